The summed E-state index contributed by atoms with van der Waals surface area (Å²) in [6.07, 6.45) is 0.891. The summed E-state index contributed by atoms with van der Waals surface area (Å²) in [5.74, 6) is -0.591. The first-order valence-corrected chi connectivity index (χ1v) is 17.0. The van der Waals surface area contributed by atoms with Crippen LogP contribution in [0.4, 0.5) is 5.69 Å². The lowest BCUT2D eigenvalue weighted by atomic mass is 10.0. The van der Waals surface area contributed by atoms with Gasteiger partial charge in [-0.15, -0.1) is 0 Å². The van der Waals surface area contributed by atoms with Crippen LogP contribution in [-0.2, 0) is 32.6 Å². The molecule has 0 bridgehead atoms. The summed E-state index contributed by atoms with van der Waals surface area (Å²) < 4.78 is 34.5. The fourth-order valence-corrected chi connectivity index (χ4v) is 6.78. The molecule has 0 heterocycles. The highest BCUT2D eigenvalue weighted by molar-refractivity contribution is 7.92. The van der Waals surface area contributed by atoms with E-state index in [0.29, 0.717) is 22.8 Å². The number of benzene rings is 4. The third-order valence-corrected chi connectivity index (χ3v) is 9.87. The number of methoxy groups -OCH3 is 1. The molecule has 2 atom stereocenters. The van der Waals surface area contributed by atoms with Gasteiger partial charge in [0.15, 0.2) is 0 Å². The maximum absolute atomic E-state index is 14.5. The number of carbonyl (C=O) groups excluding carboxylic acids is 2. The van der Waals surface area contributed by atoms with Gasteiger partial charge in [0.2, 0.25) is 11.8 Å². The van der Waals surface area contributed by atoms with Gasteiger partial charge in [-0.3, -0.25) is 13.9 Å². The molecular weight excluding hydrogens is 645 g/mol. The Labute approximate surface area is 280 Å². The van der Waals surface area contributed by atoms with E-state index in [9.17, 15) is 18.0 Å². The number of carbonyl (C=O) groups is 2. The summed E-state index contributed by atoms with van der Waals surface area (Å²) in [4.78, 5) is 29.9. The largest absolute Gasteiger partial charge is 0.495 e. The van der Waals surface area contributed by atoms with Crippen molar-refractivity contribution in [2.24, 2.45) is 0 Å². The Kier molecular flexibility index (Phi) is 12.1. The van der Waals surface area contributed by atoms with Crippen LogP contribution < -0.4 is 14.4 Å². The minimum absolute atomic E-state index is 0.00735. The summed E-state index contributed by atoms with van der Waals surface area (Å²) >= 11 is 12.7. The predicted molar refractivity (Wildman–Crippen MR) is 183 cm³/mol. The number of amides is 2. The van der Waals surface area contributed by atoms with Gasteiger partial charge in [-0.25, -0.2) is 8.42 Å². The number of ether oxygens (including phenoxy) is 1. The van der Waals surface area contributed by atoms with Gasteiger partial charge in [0, 0.05) is 24.0 Å². The van der Waals surface area contributed by atoms with E-state index < -0.39 is 28.5 Å². The van der Waals surface area contributed by atoms with Gasteiger partial charge in [0.1, 0.15) is 18.3 Å². The molecule has 0 spiro atoms. The molecule has 46 heavy (non-hydrogen) atoms. The Hall–Kier alpha value is -4.05. The van der Waals surface area contributed by atoms with Gasteiger partial charge in [-0.2, -0.15) is 0 Å². The number of nitrogens with zero attached hydrogens (tertiary/aromatic N) is 2. The molecular formula is C35H37Cl2N3O5S. The highest BCUT2D eigenvalue weighted by Gasteiger charge is 2.35. The molecule has 0 saturated heterocycles. The molecule has 0 aliphatic heterocycles. The molecule has 11 heteroatoms. The number of nitrogens with one attached hydrogen (secondary N) is 1. The van der Waals surface area contributed by atoms with Crippen LogP contribution in [0.1, 0.15) is 31.4 Å². The van der Waals surface area contributed by atoms with Crippen molar-refractivity contribution in [3.8, 4) is 5.75 Å². The normalized spacial score (nSPS) is 12.5. The molecule has 0 aliphatic rings. The second kappa shape index (κ2) is 16.0. The lowest BCUT2D eigenvalue weighted by Crippen LogP contribution is -2.54. The van der Waals surface area contributed by atoms with E-state index in [1.165, 1.54) is 42.3 Å². The maximum atomic E-state index is 14.5. The van der Waals surface area contributed by atoms with Crippen molar-refractivity contribution >= 4 is 50.7 Å². The molecule has 4 aromatic carbocycles. The van der Waals surface area contributed by atoms with Gasteiger partial charge in [0.05, 0.1) is 22.7 Å². The van der Waals surface area contributed by atoms with E-state index in [-0.39, 0.29) is 40.5 Å². The van der Waals surface area contributed by atoms with Crippen LogP contribution in [0.3, 0.4) is 0 Å². The molecule has 1 N–H and O–H groups in total. The average Bonchev–Trinajstić information content (AvgIpc) is 3.05. The van der Waals surface area contributed by atoms with Crippen molar-refractivity contribution in [1.82, 2.24) is 10.2 Å². The fourth-order valence-electron chi connectivity index (χ4n) is 4.89. The Morgan fingerprint density at radius 1 is 0.870 bits per heavy atom. The van der Waals surface area contributed by atoms with Crippen LogP contribution in [0.5, 0.6) is 5.75 Å². The lowest BCUT2D eigenvalue weighted by Gasteiger charge is -2.34. The van der Waals surface area contributed by atoms with E-state index in [0.717, 1.165) is 9.87 Å². The number of sulfonamides is 1. The monoisotopic (exact) mass is 681 g/mol. The quantitative estimate of drug-likeness (QED) is 0.159. The van der Waals surface area contributed by atoms with Crippen molar-refractivity contribution in [2.75, 3.05) is 18.0 Å². The zero-order chi connectivity index (χ0) is 33.3. The third kappa shape index (κ3) is 8.81. The Morgan fingerprint density at radius 2 is 1.52 bits per heavy atom. The van der Waals surface area contributed by atoms with Gasteiger partial charge >= 0.3 is 0 Å². The van der Waals surface area contributed by atoms with Crippen molar-refractivity contribution in [3.63, 3.8) is 0 Å². The fraction of sp³-hybridized carbons (Fsp3) is 0.257. The molecule has 0 fully saturated rings. The van der Waals surface area contributed by atoms with Gasteiger partial charge in [-0.05, 0) is 66.9 Å². The first-order valence-electron chi connectivity index (χ1n) is 14.8. The zero-order valence-corrected chi connectivity index (χ0v) is 28.2. The number of rotatable bonds is 14. The molecule has 0 unspecified atom stereocenters. The van der Waals surface area contributed by atoms with Crippen LogP contribution in [0, 0.1) is 0 Å². The average molecular weight is 683 g/mol. The second-order valence-corrected chi connectivity index (χ2v) is 13.5. The van der Waals surface area contributed by atoms with Gasteiger partial charge in [-0.1, -0.05) is 90.8 Å². The molecule has 4 rings (SSSR count). The first-order chi connectivity index (χ1) is 22.0. The first kappa shape index (κ1) is 34.8. The molecule has 0 radical (unpaired) electrons. The molecule has 0 saturated carbocycles. The van der Waals surface area contributed by atoms with E-state index in [4.69, 9.17) is 27.9 Å². The standard InChI is InChI=1S/C35H37Cl2N3O5S/c1-4-25(2)38-35(42)32(21-26-12-7-5-8-13-26)39(23-27-14-11-15-28(36)20-27)34(41)24-40(29-18-19-33(45-3)31(37)22-29)46(43,44)30-16-9-6-10-17-30/h5-20,22,25,32H,4,21,23-24H2,1-3H3,(H,38,42)/t25-,32+/m1/s1. The smallest absolute Gasteiger partial charge is 0.264 e. The van der Waals surface area contributed by atoms with Gasteiger partial charge < -0.3 is 15.0 Å². The SMILES string of the molecule is CC[C@@H](C)NC(=O)[C@H](Cc1ccccc1)N(Cc1cccc(Cl)c1)C(=O)CN(c1ccc(OC)c(Cl)c1)S(=O)(=O)c1ccccc1. The second-order valence-electron chi connectivity index (χ2n) is 10.8. The van der Waals surface area contributed by atoms with Crippen LogP contribution in [0.25, 0.3) is 0 Å². The highest BCUT2D eigenvalue weighted by Crippen LogP contribution is 2.32. The number of anilines is 1. The maximum Gasteiger partial charge on any atom is 0.264 e. The Balaban J connectivity index is 1.83. The van der Waals surface area contributed by atoms with Crippen LogP contribution in [0.2, 0.25) is 10.0 Å². The zero-order valence-electron chi connectivity index (χ0n) is 25.9. The summed E-state index contributed by atoms with van der Waals surface area (Å²) in [6.45, 7) is 3.25. The summed E-state index contributed by atoms with van der Waals surface area (Å²) in [6, 6.07) is 27.6. The predicted octanol–water partition coefficient (Wildman–Crippen LogP) is 6.75. The minimum atomic E-state index is -4.26. The number of halogens is 2. The van der Waals surface area contributed by atoms with Crippen molar-refractivity contribution in [2.45, 2.75) is 50.2 Å². The van der Waals surface area contributed by atoms with E-state index >= 15 is 0 Å². The topological polar surface area (TPSA) is 96.0 Å². The van der Waals surface area contributed by atoms with Crippen LogP contribution in [-0.4, -0.2) is 50.9 Å². The highest BCUT2D eigenvalue weighted by atomic mass is 35.5. The molecule has 4 aromatic rings. The molecule has 0 aliphatic carbocycles. The number of hydrogen-bond acceptors (Lipinski definition) is 5. The van der Waals surface area contributed by atoms with Gasteiger partial charge in [0.25, 0.3) is 10.0 Å². The molecule has 242 valence electrons. The third-order valence-electron chi connectivity index (χ3n) is 7.55. The van der Waals surface area contributed by atoms with Crippen LogP contribution in [0.15, 0.2) is 108 Å². The number of hydrogen-bond donors (Lipinski definition) is 1. The summed E-state index contributed by atoms with van der Waals surface area (Å²) in [5, 5.41) is 3.66. The van der Waals surface area contributed by atoms with Crippen LogP contribution >= 0.6 is 23.2 Å². The lowest BCUT2D eigenvalue weighted by molar-refractivity contribution is -0.140. The van der Waals surface area contributed by atoms with Crippen molar-refractivity contribution < 1.29 is 22.7 Å². The molecule has 0 aromatic heterocycles. The minimum Gasteiger partial charge on any atom is -0.495 e. The van der Waals surface area contributed by atoms with Crippen molar-refractivity contribution in [3.05, 3.63) is 124 Å². The summed E-state index contributed by atoms with van der Waals surface area (Å²) in [5.41, 5.74) is 1.68. The van der Waals surface area contributed by atoms with E-state index in [2.05, 4.69) is 5.32 Å². The Morgan fingerprint density at radius 3 is 2.13 bits per heavy atom. The van der Waals surface area contributed by atoms with E-state index in [1.807, 2.05) is 44.2 Å². The molecule has 8 nitrogen and oxygen atoms in total. The van der Waals surface area contributed by atoms with Crippen molar-refractivity contribution in [1.29, 1.82) is 0 Å². The summed E-state index contributed by atoms with van der Waals surface area (Å²) in [7, 11) is -2.81. The van der Waals surface area contributed by atoms with E-state index in [1.54, 1.807) is 42.5 Å². The Bertz CT molecular complexity index is 1740. The molecule has 2 amide bonds.